The molecular weight excluding hydrogens is 389 g/mol. The Labute approximate surface area is 153 Å². The van der Waals surface area contributed by atoms with Gasteiger partial charge in [-0.15, -0.1) is 4.08 Å². The lowest BCUT2D eigenvalue weighted by molar-refractivity contribution is 0.173. The molecule has 0 aliphatic carbocycles. The van der Waals surface area contributed by atoms with Crippen LogP contribution in [-0.2, 0) is 16.5 Å². The number of carbonyl (C=O) groups is 1. The van der Waals surface area contributed by atoms with Gasteiger partial charge in [0.25, 0.3) is 0 Å². The summed E-state index contributed by atoms with van der Waals surface area (Å²) in [5.74, 6) is 1.59. The van der Waals surface area contributed by atoms with Crippen LogP contribution in [0.1, 0.15) is 13.8 Å². The van der Waals surface area contributed by atoms with E-state index in [1.165, 1.54) is 11.0 Å². The SMILES string of the molecule is CC(C)CN(SSC(=N)COC(N)=O)P1(=S)Oc2ccccc2O1. The molecule has 3 N–H and O–H groups in total. The molecule has 1 aliphatic rings. The Morgan fingerprint density at radius 2 is 2.00 bits per heavy atom. The van der Waals surface area contributed by atoms with Crippen molar-refractivity contribution >= 4 is 51.4 Å². The summed E-state index contributed by atoms with van der Waals surface area (Å²) in [6.07, 6.45) is -0.908. The minimum Gasteiger partial charge on any atom is -0.443 e. The summed E-state index contributed by atoms with van der Waals surface area (Å²) >= 11 is 5.65. The zero-order chi connectivity index (χ0) is 17.7. The van der Waals surface area contributed by atoms with Crippen molar-refractivity contribution in [2.24, 2.45) is 11.7 Å². The van der Waals surface area contributed by atoms with E-state index < -0.39 is 12.7 Å². The fourth-order valence-electron chi connectivity index (χ4n) is 1.69. The largest absolute Gasteiger partial charge is 0.443 e. The molecule has 0 saturated heterocycles. The third-order valence-corrected chi connectivity index (χ3v) is 8.86. The Kier molecular flexibility index (Phi) is 6.82. The molecule has 7 nitrogen and oxygen atoms in total. The molecule has 0 atom stereocenters. The first-order chi connectivity index (χ1) is 11.3. The van der Waals surface area contributed by atoms with Crippen molar-refractivity contribution < 1.29 is 18.6 Å². The van der Waals surface area contributed by atoms with Crippen LogP contribution in [0, 0.1) is 11.3 Å². The van der Waals surface area contributed by atoms with E-state index in [0.29, 0.717) is 24.0 Å². The van der Waals surface area contributed by atoms with Crippen LogP contribution in [0.3, 0.4) is 0 Å². The quantitative estimate of drug-likeness (QED) is 0.230. The number of nitrogens with one attached hydrogen (secondary N) is 1. The summed E-state index contributed by atoms with van der Waals surface area (Å²) in [5, 5.41) is 7.94. The number of para-hydroxylation sites is 2. The van der Waals surface area contributed by atoms with Crippen molar-refractivity contribution in [3.05, 3.63) is 24.3 Å². The fourth-order valence-corrected chi connectivity index (χ4v) is 7.71. The van der Waals surface area contributed by atoms with Crippen molar-refractivity contribution in [3.63, 3.8) is 0 Å². The zero-order valence-electron chi connectivity index (χ0n) is 13.1. The molecule has 1 aromatic rings. The van der Waals surface area contributed by atoms with Gasteiger partial charge in [0.1, 0.15) is 11.7 Å². The third-order valence-electron chi connectivity index (χ3n) is 2.64. The summed E-state index contributed by atoms with van der Waals surface area (Å²) in [4.78, 5) is 10.6. The highest BCUT2D eigenvalue weighted by atomic mass is 33.1. The highest BCUT2D eigenvalue weighted by Crippen LogP contribution is 2.64. The Morgan fingerprint density at radius 1 is 1.42 bits per heavy atom. The fraction of sp³-hybridized carbons (Fsp3) is 0.385. The second-order valence-electron chi connectivity index (χ2n) is 5.22. The number of carbonyl (C=O) groups excluding carboxylic acids is 1. The van der Waals surface area contributed by atoms with Crippen molar-refractivity contribution in [1.29, 1.82) is 5.41 Å². The second kappa shape index (κ2) is 8.44. The number of ether oxygens (including phenoxy) is 1. The van der Waals surface area contributed by atoms with Gasteiger partial charge in [0.2, 0.25) is 0 Å². The molecule has 0 saturated carbocycles. The summed E-state index contributed by atoms with van der Waals surface area (Å²) in [5.41, 5.74) is 4.90. The predicted molar refractivity (Wildman–Crippen MR) is 102 cm³/mol. The Balaban J connectivity index is 2.02. The van der Waals surface area contributed by atoms with Gasteiger partial charge >= 0.3 is 12.7 Å². The lowest BCUT2D eigenvalue weighted by Crippen LogP contribution is -2.21. The van der Waals surface area contributed by atoms with Crippen molar-refractivity contribution in [2.45, 2.75) is 13.8 Å². The number of nitrogens with zero attached hydrogens (tertiary/aromatic N) is 1. The van der Waals surface area contributed by atoms with Gasteiger partial charge in [-0.25, -0.2) is 4.79 Å². The Bertz CT molecular complexity index is 645. The molecule has 0 radical (unpaired) electrons. The van der Waals surface area contributed by atoms with Gasteiger partial charge in [-0.2, -0.15) is 0 Å². The number of benzene rings is 1. The average Bonchev–Trinajstić information content (AvgIpc) is 2.86. The molecular formula is C13H18N3O4PS3. The van der Waals surface area contributed by atoms with Gasteiger partial charge in [-0.1, -0.05) is 26.0 Å². The minimum absolute atomic E-state index is 0.144. The van der Waals surface area contributed by atoms with Gasteiger partial charge in [0.15, 0.2) is 11.5 Å². The number of amides is 1. The minimum atomic E-state index is -2.73. The summed E-state index contributed by atoms with van der Waals surface area (Å²) in [6, 6.07) is 7.35. The van der Waals surface area contributed by atoms with Gasteiger partial charge in [-0.05, 0) is 28.8 Å². The van der Waals surface area contributed by atoms with Crippen LogP contribution < -0.4 is 14.8 Å². The van der Waals surface area contributed by atoms with E-state index in [1.807, 2.05) is 28.3 Å². The standard InChI is InChI=1S/C13H18N3O4PS3/c1-9(2)7-16(24-23-12(14)8-18-13(15)17)21(22)19-10-5-3-4-6-11(10)20-21/h3-6,9,14H,7-8H2,1-2H3,(H2,15,17). The molecule has 0 aromatic heterocycles. The first-order valence-electron chi connectivity index (χ1n) is 7.01. The average molecular weight is 407 g/mol. The number of nitrogens with two attached hydrogens (primary N) is 1. The van der Waals surface area contributed by atoms with Gasteiger partial charge in [0.05, 0.1) is 0 Å². The molecule has 0 unspecified atom stereocenters. The summed E-state index contributed by atoms with van der Waals surface area (Å²) < 4.78 is 18.3. The van der Waals surface area contributed by atoms with Crippen molar-refractivity contribution in [3.8, 4) is 11.5 Å². The smallest absolute Gasteiger partial charge is 0.404 e. The van der Waals surface area contributed by atoms with Crippen LogP contribution in [0.5, 0.6) is 11.5 Å². The third kappa shape index (κ3) is 5.29. The molecule has 0 spiro atoms. The molecule has 2 rings (SSSR count). The molecule has 0 bridgehead atoms. The lowest BCUT2D eigenvalue weighted by Gasteiger charge is -2.28. The van der Waals surface area contributed by atoms with E-state index in [9.17, 15) is 4.79 Å². The monoisotopic (exact) mass is 407 g/mol. The predicted octanol–water partition coefficient (Wildman–Crippen LogP) is 4.01. The molecule has 1 heterocycles. The normalized spacial score (nSPS) is 14.8. The number of fused-ring (bicyclic) bond motifs is 1. The first kappa shape index (κ1) is 19.4. The molecule has 11 heteroatoms. The highest BCUT2D eigenvalue weighted by molar-refractivity contribution is 8.82. The van der Waals surface area contributed by atoms with Gasteiger partial charge in [-0.3, -0.25) is 5.41 Å². The number of rotatable bonds is 7. The molecule has 1 aromatic carbocycles. The van der Waals surface area contributed by atoms with Crippen molar-refractivity contribution in [1.82, 2.24) is 4.08 Å². The maximum Gasteiger partial charge on any atom is 0.404 e. The summed E-state index contributed by atoms with van der Waals surface area (Å²) in [7, 11) is 2.39. The van der Waals surface area contributed by atoms with Crippen LogP contribution in [0.25, 0.3) is 0 Å². The van der Waals surface area contributed by atoms with Crippen LogP contribution in [-0.4, -0.2) is 28.4 Å². The molecule has 1 aliphatic heterocycles. The molecule has 132 valence electrons. The second-order valence-corrected chi connectivity index (χ2v) is 10.9. The van der Waals surface area contributed by atoms with E-state index in [-0.39, 0.29) is 11.7 Å². The van der Waals surface area contributed by atoms with Gasteiger partial charge in [0, 0.05) is 29.3 Å². The first-order valence-corrected chi connectivity index (χ1v) is 11.7. The van der Waals surface area contributed by atoms with Crippen molar-refractivity contribution in [2.75, 3.05) is 13.2 Å². The maximum absolute atomic E-state index is 10.6. The molecule has 24 heavy (non-hydrogen) atoms. The van der Waals surface area contributed by atoms with Gasteiger partial charge < -0.3 is 19.5 Å². The number of hydrogen-bond donors (Lipinski definition) is 2. The Morgan fingerprint density at radius 3 is 2.50 bits per heavy atom. The lowest BCUT2D eigenvalue weighted by atomic mass is 10.2. The van der Waals surface area contributed by atoms with E-state index in [4.69, 9.17) is 32.0 Å². The van der Waals surface area contributed by atoms with E-state index in [0.717, 1.165) is 10.8 Å². The van der Waals surface area contributed by atoms with Crippen LogP contribution in [0.4, 0.5) is 4.79 Å². The number of primary amides is 1. The molecule has 1 amide bonds. The maximum atomic E-state index is 10.6. The van der Waals surface area contributed by atoms with E-state index in [2.05, 4.69) is 18.6 Å². The van der Waals surface area contributed by atoms with E-state index in [1.54, 1.807) is 0 Å². The van der Waals surface area contributed by atoms with Crippen LogP contribution in [0.2, 0.25) is 0 Å². The van der Waals surface area contributed by atoms with Crippen LogP contribution in [0.15, 0.2) is 24.3 Å². The zero-order valence-corrected chi connectivity index (χ0v) is 16.5. The highest BCUT2D eigenvalue weighted by Gasteiger charge is 2.39. The number of hydrogen-bond acceptors (Lipinski definition) is 8. The van der Waals surface area contributed by atoms with E-state index >= 15 is 0 Å². The topological polar surface area (TPSA) is 97.9 Å². The summed E-state index contributed by atoms with van der Waals surface area (Å²) in [6.45, 7) is 1.85. The molecule has 0 fully saturated rings. The Hall–Kier alpha value is -0.930. The van der Waals surface area contributed by atoms with Crippen LogP contribution >= 0.6 is 28.4 Å².